The largest absolute Gasteiger partial charge is 0.465 e. The Bertz CT molecular complexity index is 372. The minimum absolute atomic E-state index is 0.0558. The van der Waals surface area contributed by atoms with Gasteiger partial charge in [-0.1, -0.05) is 11.6 Å². The van der Waals surface area contributed by atoms with Gasteiger partial charge in [0, 0.05) is 12.3 Å². The SMILES string of the molecule is CCOC(=O)C(C/C=C(/C)CCl)(CCC=O)C(=O)OCC. The lowest BCUT2D eigenvalue weighted by Gasteiger charge is -2.27. The highest BCUT2D eigenvalue weighted by Crippen LogP contribution is 2.33. The predicted octanol–water partition coefficient (Wildman–Crippen LogP) is 2.65. The van der Waals surface area contributed by atoms with Gasteiger partial charge in [0.25, 0.3) is 0 Å². The molecule has 0 unspecified atom stereocenters. The molecule has 0 spiro atoms. The second-order valence-corrected chi connectivity index (χ2v) is 4.88. The monoisotopic (exact) mass is 318 g/mol. The summed E-state index contributed by atoms with van der Waals surface area (Å²) in [6, 6.07) is 0. The van der Waals surface area contributed by atoms with E-state index in [1.807, 2.05) is 0 Å². The first-order valence-corrected chi connectivity index (χ1v) is 7.51. The van der Waals surface area contributed by atoms with E-state index in [9.17, 15) is 14.4 Å². The first kappa shape index (κ1) is 19.6. The number of ether oxygens (including phenoxy) is 2. The summed E-state index contributed by atoms with van der Waals surface area (Å²) in [6.07, 6.45) is 2.62. The first-order valence-electron chi connectivity index (χ1n) is 6.98. The molecule has 0 heterocycles. The Morgan fingerprint density at radius 3 is 2.05 bits per heavy atom. The molecule has 6 heteroatoms. The standard InChI is InChI=1S/C15H23ClO5/c1-4-20-13(18)15(8-6-10-17,14(19)21-5-2)9-7-12(3)11-16/h7,10H,4-6,8-9,11H2,1-3H3/b12-7-. The Morgan fingerprint density at radius 2 is 1.67 bits per heavy atom. The fraction of sp³-hybridized carbons (Fsp3) is 0.667. The fourth-order valence-corrected chi connectivity index (χ4v) is 1.91. The quantitative estimate of drug-likeness (QED) is 0.204. The van der Waals surface area contributed by atoms with Gasteiger partial charge in [-0.2, -0.15) is 0 Å². The fourth-order valence-electron chi connectivity index (χ4n) is 1.80. The molecule has 0 aliphatic carbocycles. The van der Waals surface area contributed by atoms with Crippen LogP contribution in [0, 0.1) is 5.41 Å². The molecule has 5 nitrogen and oxygen atoms in total. The molecule has 0 aromatic heterocycles. The highest BCUT2D eigenvalue weighted by molar-refractivity contribution is 6.19. The van der Waals surface area contributed by atoms with Crippen molar-refractivity contribution < 1.29 is 23.9 Å². The van der Waals surface area contributed by atoms with Crippen LogP contribution in [-0.2, 0) is 23.9 Å². The third kappa shape index (κ3) is 5.87. The lowest BCUT2D eigenvalue weighted by Crippen LogP contribution is -2.42. The summed E-state index contributed by atoms with van der Waals surface area (Å²) in [6.45, 7) is 5.42. The van der Waals surface area contributed by atoms with Gasteiger partial charge in [-0.15, -0.1) is 11.6 Å². The topological polar surface area (TPSA) is 69.7 Å². The zero-order valence-electron chi connectivity index (χ0n) is 12.8. The highest BCUT2D eigenvalue weighted by atomic mass is 35.5. The number of aldehydes is 1. The summed E-state index contributed by atoms with van der Waals surface area (Å²) in [5.41, 5.74) is -0.652. The molecular weight excluding hydrogens is 296 g/mol. The number of carbonyl (C=O) groups is 3. The molecule has 0 aromatic rings. The average Bonchev–Trinajstić information content (AvgIpc) is 2.47. The van der Waals surface area contributed by atoms with Gasteiger partial charge in [-0.3, -0.25) is 9.59 Å². The molecule has 0 aromatic carbocycles. The van der Waals surface area contributed by atoms with Crippen molar-refractivity contribution in [1.29, 1.82) is 0 Å². The van der Waals surface area contributed by atoms with Crippen LogP contribution in [0.3, 0.4) is 0 Å². The van der Waals surface area contributed by atoms with E-state index in [1.165, 1.54) is 0 Å². The Balaban J connectivity index is 5.52. The van der Waals surface area contributed by atoms with Gasteiger partial charge in [0.15, 0.2) is 5.41 Å². The van der Waals surface area contributed by atoms with Crippen LogP contribution in [0.1, 0.15) is 40.0 Å². The van der Waals surface area contributed by atoms with Crippen molar-refractivity contribution in [1.82, 2.24) is 0 Å². The van der Waals surface area contributed by atoms with E-state index in [2.05, 4.69) is 0 Å². The number of hydrogen-bond donors (Lipinski definition) is 0. The molecule has 0 radical (unpaired) electrons. The van der Waals surface area contributed by atoms with Crippen molar-refractivity contribution in [3.8, 4) is 0 Å². The zero-order chi connectivity index (χ0) is 16.3. The van der Waals surface area contributed by atoms with Gasteiger partial charge in [0.05, 0.1) is 13.2 Å². The molecule has 0 N–H and O–H groups in total. The third-order valence-electron chi connectivity index (χ3n) is 3.03. The minimum Gasteiger partial charge on any atom is -0.465 e. The van der Waals surface area contributed by atoms with Crippen molar-refractivity contribution in [3.63, 3.8) is 0 Å². The second-order valence-electron chi connectivity index (χ2n) is 4.62. The van der Waals surface area contributed by atoms with Crippen LogP contribution in [0.25, 0.3) is 0 Å². The Morgan fingerprint density at radius 1 is 1.14 bits per heavy atom. The summed E-state index contributed by atoms with van der Waals surface area (Å²) >= 11 is 5.71. The van der Waals surface area contributed by atoms with E-state index in [0.29, 0.717) is 12.2 Å². The van der Waals surface area contributed by atoms with Crippen LogP contribution in [0.5, 0.6) is 0 Å². The average molecular weight is 319 g/mol. The molecule has 0 saturated heterocycles. The van der Waals surface area contributed by atoms with Crippen molar-refractivity contribution in [2.75, 3.05) is 19.1 Å². The molecule has 0 amide bonds. The summed E-state index contributed by atoms with van der Waals surface area (Å²) in [4.78, 5) is 35.2. The van der Waals surface area contributed by atoms with E-state index < -0.39 is 17.4 Å². The Kier molecular flexibility index (Phi) is 9.71. The maximum Gasteiger partial charge on any atom is 0.323 e. The van der Waals surface area contributed by atoms with Crippen molar-refractivity contribution in [3.05, 3.63) is 11.6 Å². The molecule has 120 valence electrons. The number of hydrogen-bond acceptors (Lipinski definition) is 5. The van der Waals surface area contributed by atoms with E-state index >= 15 is 0 Å². The molecule has 0 aliphatic rings. The maximum absolute atomic E-state index is 12.3. The van der Waals surface area contributed by atoms with Gasteiger partial charge in [0.2, 0.25) is 0 Å². The van der Waals surface area contributed by atoms with Crippen LogP contribution >= 0.6 is 11.6 Å². The van der Waals surface area contributed by atoms with Gasteiger partial charge < -0.3 is 14.3 Å². The Hall–Kier alpha value is -1.36. The van der Waals surface area contributed by atoms with Crippen molar-refractivity contribution >= 4 is 29.8 Å². The van der Waals surface area contributed by atoms with E-state index in [4.69, 9.17) is 21.1 Å². The van der Waals surface area contributed by atoms with E-state index in [0.717, 1.165) is 5.57 Å². The lowest BCUT2D eigenvalue weighted by atomic mass is 9.79. The van der Waals surface area contributed by atoms with Crippen molar-refractivity contribution in [2.45, 2.75) is 40.0 Å². The molecule has 21 heavy (non-hydrogen) atoms. The number of alkyl halides is 1. The zero-order valence-corrected chi connectivity index (χ0v) is 13.6. The molecular formula is C15H23ClO5. The molecule has 0 atom stereocenters. The summed E-state index contributed by atoms with van der Waals surface area (Å²) in [5, 5.41) is 0. The van der Waals surface area contributed by atoms with Crippen LogP contribution in [0.2, 0.25) is 0 Å². The normalized spacial score (nSPS) is 11.9. The third-order valence-corrected chi connectivity index (χ3v) is 3.45. The number of allylic oxidation sites excluding steroid dienone is 2. The van der Waals surface area contributed by atoms with Gasteiger partial charge in [-0.25, -0.2) is 0 Å². The maximum atomic E-state index is 12.3. The smallest absolute Gasteiger partial charge is 0.323 e. The number of halogens is 1. The molecule has 0 rings (SSSR count). The number of esters is 2. The first-order chi connectivity index (χ1) is 9.98. The van der Waals surface area contributed by atoms with Crippen molar-refractivity contribution in [2.24, 2.45) is 5.41 Å². The number of carbonyl (C=O) groups excluding carboxylic acids is 3. The summed E-state index contributed by atoms with van der Waals surface area (Å²) in [5.74, 6) is -1.03. The van der Waals surface area contributed by atoms with Crippen LogP contribution in [0.4, 0.5) is 0 Å². The molecule has 0 saturated carbocycles. The van der Waals surface area contributed by atoms with Crippen LogP contribution in [-0.4, -0.2) is 37.3 Å². The summed E-state index contributed by atoms with van der Waals surface area (Å²) < 4.78 is 10.0. The lowest BCUT2D eigenvalue weighted by molar-refractivity contribution is -0.172. The van der Waals surface area contributed by atoms with Crippen LogP contribution in [0.15, 0.2) is 11.6 Å². The second kappa shape index (κ2) is 10.4. The van der Waals surface area contributed by atoms with Gasteiger partial charge in [0.1, 0.15) is 6.29 Å². The van der Waals surface area contributed by atoms with E-state index in [1.54, 1.807) is 26.8 Å². The highest BCUT2D eigenvalue weighted by Gasteiger charge is 2.47. The summed E-state index contributed by atoms with van der Waals surface area (Å²) in [7, 11) is 0. The van der Waals surface area contributed by atoms with E-state index in [-0.39, 0.29) is 32.5 Å². The molecule has 0 aliphatic heterocycles. The van der Waals surface area contributed by atoms with Gasteiger partial charge in [-0.05, 0) is 33.6 Å². The predicted molar refractivity (Wildman–Crippen MR) is 80.1 cm³/mol. The molecule has 0 bridgehead atoms. The molecule has 0 fully saturated rings. The Labute approximate surface area is 130 Å². The van der Waals surface area contributed by atoms with Crippen LogP contribution < -0.4 is 0 Å². The number of rotatable bonds is 10. The van der Waals surface area contributed by atoms with Gasteiger partial charge >= 0.3 is 11.9 Å². The minimum atomic E-state index is -1.49.